The van der Waals surface area contributed by atoms with E-state index in [2.05, 4.69) is 11.9 Å². The minimum atomic E-state index is -0.0129. The number of hydrogen-bond donors (Lipinski definition) is 1. The Morgan fingerprint density at radius 2 is 2.21 bits per heavy atom. The Morgan fingerprint density at radius 1 is 1.50 bits per heavy atom. The smallest absolute Gasteiger partial charge is 0.0593 e. The quantitative estimate of drug-likeness (QED) is 0.590. The summed E-state index contributed by atoms with van der Waals surface area (Å²) in [4.78, 5) is 2.19. The van der Waals surface area contributed by atoms with Crippen LogP contribution in [0.1, 0.15) is 6.92 Å². The lowest BCUT2D eigenvalue weighted by molar-refractivity contribution is -0.147. The van der Waals surface area contributed by atoms with Gasteiger partial charge in [0.25, 0.3) is 0 Å². The molecule has 1 aliphatic rings. The van der Waals surface area contributed by atoms with Gasteiger partial charge in [0.05, 0.1) is 31.8 Å². The fourth-order valence-electron chi connectivity index (χ4n) is 1.64. The number of rotatable bonds is 7. The van der Waals surface area contributed by atoms with Crippen molar-refractivity contribution in [3.05, 3.63) is 0 Å². The summed E-state index contributed by atoms with van der Waals surface area (Å²) >= 11 is 0. The van der Waals surface area contributed by atoms with Crippen LogP contribution in [-0.4, -0.2) is 63.2 Å². The molecule has 4 nitrogen and oxygen atoms in total. The molecule has 14 heavy (non-hydrogen) atoms. The Hall–Kier alpha value is -0.160. The highest BCUT2D eigenvalue weighted by Crippen LogP contribution is 2.27. The van der Waals surface area contributed by atoms with Gasteiger partial charge in [0, 0.05) is 19.7 Å². The molecule has 1 aliphatic heterocycles. The molecule has 0 atom stereocenters. The minimum Gasteiger partial charge on any atom is -0.396 e. The fourth-order valence-corrected chi connectivity index (χ4v) is 1.64. The van der Waals surface area contributed by atoms with E-state index in [0.29, 0.717) is 13.2 Å². The second-order valence-electron chi connectivity index (χ2n) is 4.09. The summed E-state index contributed by atoms with van der Waals surface area (Å²) in [7, 11) is 2.05. The lowest BCUT2D eigenvalue weighted by Gasteiger charge is -2.42. The van der Waals surface area contributed by atoms with Crippen LogP contribution in [0.25, 0.3) is 0 Å². The van der Waals surface area contributed by atoms with Crippen molar-refractivity contribution in [1.29, 1.82) is 0 Å². The van der Waals surface area contributed by atoms with Gasteiger partial charge in [-0.05, 0) is 14.0 Å². The summed E-state index contributed by atoms with van der Waals surface area (Å²) in [6, 6.07) is 0. The SMILES string of the molecule is CCOCCN(C)CC1(CO)COC1. The monoisotopic (exact) mass is 203 g/mol. The molecule has 1 N–H and O–H groups in total. The highest BCUT2D eigenvalue weighted by atomic mass is 16.5. The Morgan fingerprint density at radius 3 is 2.64 bits per heavy atom. The number of aliphatic hydroxyl groups is 1. The molecule has 4 heteroatoms. The van der Waals surface area contributed by atoms with Gasteiger partial charge in [-0.15, -0.1) is 0 Å². The summed E-state index contributed by atoms with van der Waals surface area (Å²) in [5, 5.41) is 9.22. The topological polar surface area (TPSA) is 41.9 Å². The summed E-state index contributed by atoms with van der Waals surface area (Å²) in [5.41, 5.74) is -0.0129. The first-order valence-corrected chi connectivity index (χ1v) is 5.17. The molecule has 0 aliphatic carbocycles. The molecule has 84 valence electrons. The molecule has 0 aromatic rings. The second kappa shape index (κ2) is 5.66. The molecule has 0 spiro atoms. The fraction of sp³-hybridized carbons (Fsp3) is 1.00. The third-order valence-corrected chi connectivity index (χ3v) is 2.58. The number of nitrogens with zero attached hydrogens (tertiary/aromatic N) is 1. The average molecular weight is 203 g/mol. The molecule has 0 bridgehead atoms. The minimum absolute atomic E-state index is 0.0129. The largest absolute Gasteiger partial charge is 0.396 e. The molecule has 1 saturated heterocycles. The summed E-state index contributed by atoms with van der Waals surface area (Å²) in [6.45, 7) is 6.90. The first kappa shape index (κ1) is 11.9. The van der Waals surface area contributed by atoms with Crippen LogP contribution in [0.2, 0.25) is 0 Å². The molecule has 0 saturated carbocycles. The summed E-state index contributed by atoms with van der Waals surface area (Å²) in [5.74, 6) is 0. The Balaban J connectivity index is 2.15. The van der Waals surface area contributed by atoms with Crippen LogP contribution in [0.4, 0.5) is 0 Å². The molecule has 1 rings (SSSR count). The number of aliphatic hydroxyl groups excluding tert-OH is 1. The van der Waals surface area contributed by atoms with Crippen molar-refractivity contribution in [3.63, 3.8) is 0 Å². The van der Waals surface area contributed by atoms with Crippen LogP contribution < -0.4 is 0 Å². The van der Waals surface area contributed by atoms with E-state index in [9.17, 15) is 5.11 Å². The van der Waals surface area contributed by atoms with Crippen molar-refractivity contribution >= 4 is 0 Å². The van der Waals surface area contributed by atoms with Crippen LogP contribution >= 0.6 is 0 Å². The van der Waals surface area contributed by atoms with E-state index in [-0.39, 0.29) is 12.0 Å². The highest BCUT2D eigenvalue weighted by Gasteiger charge is 2.38. The molecule has 0 radical (unpaired) electrons. The maximum atomic E-state index is 9.22. The summed E-state index contributed by atoms with van der Waals surface area (Å²) in [6.07, 6.45) is 0. The first-order chi connectivity index (χ1) is 6.72. The van der Waals surface area contributed by atoms with Crippen LogP contribution in [0.15, 0.2) is 0 Å². The lowest BCUT2D eigenvalue weighted by Crippen LogP contribution is -2.52. The van der Waals surface area contributed by atoms with Crippen molar-refractivity contribution in [3.8, 4) is 0 Å². The molecule has 0 aromatic heterocycles. The Kier molecular flexibility index (Phi) is 4.81. The molecule has 0 aromatic carbocycles. The van der Waals surface area contributed by atoms with Crippen LogP contribution in [0, 0.1) is 5.41 Å². The maximum absolute atomic E-state index is 9.22. The van der Waals surface area contributed by atoms with Crippen molar-refractivity contribution in [1.82, 2.24) is 4.90 Å². The van der Waals surface area contributed by atoms with E-state index >= 15 is 0 Å². The van der Waals surface area contributed by atoms with Gasteiger partial charge in [-0.1, -0.05) is 0 Å². The van der Waals surface area contributed by atoms with Crippen molar-refractivity contribution < 1.29 is 14.6 Å². The van der Waals surface area contributed by atoms with E-state index < -0.39 is 0 Å². The second-order valence-corrected chi connectivity index (χ2v) is 4.09. The number of ether oxygens (including phenoxy) is 2. The lowest BCUT2D eigenvalue weighted by atomic mass is 9.86. The van der Waals surface area contributed by atoms with Gasteiger partial charge < -0.3 is 19.5 Å². The third-order valence-electron chi connectivity index (χ3n) is 2.58. The third kappa shape index (κ3) is 3.20. The van der Waals surface area contributed by atoms with Crippen LogP contribution in [-0.2, 0) is 9.47 Å². The molecule has 0 amide bonds. The number of hydrogen-bond acceptors (Lipinski definition) is 4. The van der Waals surface area contributed by atoms with Crippen molar-refractivity contribution in [2.24, 2.45) is 5.41 Å². The standard InChI is InChI=1S/C10H21NO3/c1-3-13-5-4-11(2)6-10(7-12)8-14-9-10/h12H,3-9H2,1-2H3. The van der Waals surface area contributed by atoms with Crippen LogP contribution in [0.3, 0.4) is 0 Å². The molecular formula is C10H21NO3. The van der Waals surface area contributed by atoms with E-state index in [1.54, 1.807) is 0 Å². The highest BCUT2D eigenvalue weighted by molar-refractivity contribution is 4.87. The summed E-state index contributed by atoms with van der Waals surface area (Å²) < 4.78 is 10.4. The predicted octanol–water partition coefficient (Wildman–Crippen LogP) is -0.0364. The Bertz CT molecular complexity index is 154. The first-order valence-electron chi connectivity index (χ1n) is 5.17. The normalized spacial score (nSPS) is 19.7. The van der Waals surface area contributed by atoms with Gasteiger partial charge >= 0.3 is 0 Å². The van der Waals surface area contributed by atoms with Crippen molar-refractivity contribution in [2.75, 3.05) is 53.2 Å². The van der Waals surface area contributed by atoms with Gasteiger partial charge in [-0.25, -0.2) is 0 Å². The van der Waals surface area contributed by atoms with Gasteiger partial charge in [-0.3, -0.25) is 0 Å². The molecule has 0 unspecified atom stereocenters. The molecular weight excluding hydrogens is 182 g/mol. The van der Waals surface area contributed by atoms with Crippen LogP contribution in [0.5, 0.6) is 0 Å². The zero-order valence-corrected chi connectivity index (χ0v) is 9.16. The van der Waals surface area contributed by atoms with E-state index in [1.165, 1.54) is 0 Å². The van der Waals surface area contributed by atoms with E-state index in [0.717, 1.165) is 26.3 Å². The van der Waals surface area contributed by atoms with E-state index in [1.807, 2.05) is 6.92 Å². The maximum Gasteiger partial charge on any atom is 0.0593 e. The predicted molar refractivity (Wildman–Crippen MR) is 54.3 cm³/mol. The zero-order chi connectivity index (χ0) is 10.4. The Labute approximate surface area is 85.8 Å². The van der Waals surface area contributed by atoms with Gasteiger partial charge in [0.1, 0.15) is 0 Å². The van der Waals surface area contributed by atoms with Gasteiger partial charge in [-0.2, -0.15) is 0 Å². The van der Waals surface area contributed by atoms with Gasteiger partial charge in [0.2, 0.25) is 0 Å². The van der Waals surface area contributed by atoms with Crippen molar-refractivity contribution in [2.45, 2.75) is 6.92 Å². The number of likely N-dealkylation sites (N-methyl/N-ethyl adjacent to an activating group) is 1. The van der Waals surface area contributed by atoms with E-state index in [4.69, 9.17) is 9.47 Å². The molecule has 1 heterocycles. The average Bonchev–Trinajstić information content (AvgIpc) is 2.12. The van der Waals surface area contributed by atoms with Gasteiger partial charge in [0.15, 0.2) is 0 Å². The molecule has 1 fully saturated rings. The zero-order valence-electron chi connectivity index (χ0n) is 9.16.